The van der Waals surface area contributed by atoms with E-state index >= 15 is 0 Å². The van der Waals surface area contributed by atoms with Crippen LogP contribution in [0.5, 0.6) is 5.75 Å². The summed E-state index contributed by atoms with van der Waals surface area (Å²) in [6, 6.07) is 25.5. The van der Waals surface area contributed by atoms with Crippen LogP contribution in [0.15, 0.2) is 83.4 Å². The quantitative estimate of drug-likeness (QED) is 0.421. The van der Waals surface area contributed by atoms with E-state index in [1.165, 1.54) is 0 Å². The number of amides is 1. The van der Waals surface area contributed by atoms with Crippen LogP contribution in [0.4, 0.5) is 5.69 Å². The summed E-state index contributed by atoms with van der Waals surface area (Å²) in [6.07, 6.45) is -0.288. The van der Waals surface area contributed by atoms with Crippen molar-refractivity contribution < 1.29 is 14.1 Å². The maximum Gasteiger partial charge on any atom is 0.258 e. The number of benzene rings is 3. The monoisotopic (exact) mass is 439 g/mol. The van der Waals surface area contributed by atoms with Crippen molar-refractivity contribution in [3.05, 3.63) is 113 Å². The highest BCUT2D eigenvalue weighted by Gasteiger charge is 2.32. The number of fused-ring (bicyclic) bond motifs is 1. The Kier molecular flexibility index (Phi) is 5.57. The van der Waals surface area contributed by atoms with Gasteiger partial charge in [-0.05, 0) is 49.2 Å². The van der Waals surface area contributed by atoms with E-state index in [0.717, 1.165) is 39.6 Å². The Morgan fingerprint density at radius 1 is 0.970 bits per heavy atom. The summed E-state index contributed by atoms with van der Waals surface area (Å²) < 4.78 is 11.2. The lowest BCUT2D eigenvalue weighted by Gasteiger charge is -2.38. The molecule has 166 valence electrons. The Balaban J connectivity index is 1.40. The average molecular weight is 440 g/mol. The zero-order chi connectivity index (χ0) is 22.8. The first-order valence-corrected chi connectivity index (χ1v) is 10.9. The number of rotatable bonds is 6. The van der Waals surface area contributed by atoms with Crippen LogP contribution in [-0.4, -0.2) is 16.0 Å². The number of nitrogens with zero attached hydrogens (tertiary/aromatic N) is 2. The fourth-order valence-electron chi connectivity index (χ4n) is 4.11. The van der Waals surface area contributed by atoms with Crippen LogP contribution in [0, 0.1) is 13.8 Å². The molecular weight excluding hydrogens is 414 g/mol. The molecule has 1 atom stereocenters. The van der Waals surface area contributed by atoms with Gasteiger partial charge >= 0.3 is 0 Å². The highest BCUT2D eigenvalue weighted by molar-refractivity contribution is 6.01. The third-order valence-electron chi connectivity index (χ3n) is 5.98. The second kappa shape index (κ2) is 8.82. The van der Waals surface area contributed by atoms with Gasteiger partial charge in [-0.25, -0.2) is 0 Å². The Morgan fingerprint density at radius 3 is 2.42 bits per heavy atom. The Hall–Kier alpha value is -4.06. The summed E-state index contributed by atoms with van der Waals surface area (Å²) in [5, 5.41) is 7.52. The number of anilines is 1. The number of ether oxygens (including phenoxy) is 1. The molecule has 1 aliphatic heterocycles. The molecule has 1 amide bonds. The molecule has 1 aliphatic rings. The third-order valence-corrected chi connectivity index (χ3v) is 5.98. The largest absolute Gasteiger partial charge is 0.489 e. The minimum Gasteiger partial charge on any atom is -0.489 e. The summed E-state index contributed by atoms with van der Waals surface area (Å²) in [5.74, 6) is 1.53. The van der Waals surface area contributed by atoms with Gasteiger partial charge in [-0.3, -0.25) is 4.79 Å². The highest BCUT2D eigenvalue weighted by atomic mass is 16.5. The molecule has 0 aliphatic carbocycles. The van der Waals surface area contributed by atoms with Crippen LogP contribution >= 0.6 is 0 Å². The highest BCUT2D eigenvalue weighted by Crippen LogP contribution is 2.34. The molecule has 1 aromatic heterocycles. The summed E-state index contributed by atoms with van der Waals surface area (Å²) in [7, 11) is 0. The normalized spacial score (nSPS) is 15.2. The number of para-hydroxylation sites is 1. The minimum atomic E-state index is -0.288. The van der Waals surface area contributed by atoms with E-state index in [1.54, 1.807) is 0 Å². The SMILES string of the molecule is Cc1noc(C)c1COc1ccc([C@H]2Nc3ccccc3C(=O)N2Cc2ccccc2)cc1. The maximum absolute atomic E-state index is 13.4. The predicted octanol–water partition coefficient (Wildman–Crippen LogP) is 5.64. The Morgan fingerprint density at radius 2 is 1.70 bits per heavy atom. The smallest absolute Gasteiger partial charge is 0.258 e. The van der Waals surface area contributed by atoms with Crippen molar-refractivity contribution >= 4 is 11.6 Å². The molecular formula is C27H25N3O3. The minimum absolute atomic E-state index is 0.0111. The van der Waals surface area contributed by atoms with Gasteiger partial charge in [0, 0.05) is 12.2 Å². The number of carbonyl (C=O) groups is 1. The lowest BCUT2D eigenvalue weighted by molar-refractivity contribution is 0.0666. The first-order chi connectivity index (χ1) is 16.1. The molecule has 1 N–H and O–H groups in total. The number of nitrogens with one attached hydrogen (secondary N) is 1. The van der Waals surface area contributed by atoms with Gasteiger partial charge in [0.2, 0.25) is 0 Å². The molecule has 0 bridgehead atoms. The summed E-state index contributed by atoms with van der Waals surface area (Å²) in [4.78, 5) is 15.3. The van der Waals surface area contributed by atoms with Crippen LogP contribution in [0.25, 0.3) is 0 Å². The molecule has 2 heterocycles. The van der Waals surface area contributed by atoms with Crippen molar-refractivity contribution in [2.45, 2.75) is 33.2 Å². The molecule has 3 aromatic carbocycles. The summed E-state index contributed by atoms with van der Waals surface area (Å²) in [5.41, 5.74) is 5.39. The molecule has 0 unspecified atom stereocenters. The predicted molar refractivity (Wildman–Crippen MR) is 126 cm³/mol. The summed E-state index contributed by atoms with van der Waals surface area (Å²) in [6.45, 7) is 4.69. The molecule has 0 fully saturated rings. The van der Waals surface area contributed by atoms with Crippen molar-refractivity contribution in [3.8, 4) is 5.75 Å². The van der Waals surface area contributed by atoms with Crippen molar-refractivity contribution in [1.82, 2.24) is 10.1 Å². The van der Waals surface area contributed by atoms with Crippen LogP contribution < -0.4 is 10.1 Å². The van der Waals surface area contributed by atoms with E-state index in [2.05, 4.69) is 10.5 Å². The van der Waals surface area contributed by atoms with Crippen molar-refractivity contribution in [3.63, 3.8) is 0 Å². The van der Waals surface area contributed by atoms with E-state index < -0.39 is 0 Å². The number of hydrogen-bond acceptors (Lipinski definition) is 5. The number of aromatic nitrogens is 1. The molecule has 4 aromatic rings. The van der Waals surface area contributed by atoms with Gasteiger partial charge in [-0.15, -0.1) is 0 Å². The van der Waals surface area contributed by atoms with E-state index in [9.17, 15) is 4.79 Å². The lowest BCUT2D eigenvalue weighted by atomic mass is 10.0. The standard InChI is InChI=1S/C27H25N3O3/c1-18-24(19(2)33-29-18)17-32-22-14-12-21(13-15-22)26-28-25-11-7-6-10-23(25)27(31)30(26)16-20-8-4-3-5-9-20/h3-15,26,28H,16-17H2,1-2H3/t26-/m0/s1. The topological polar surface area (TPSA) is 67.6 Å². The average Bonchev–Trinajstić information content (AvgIpc) is 3.17. The van der Waals surface area contributed by atoms with Gasteiger partial charge in [0.15, 0.2) is 0 Å². The van der Waals surface area contributed by atoms with Crippen LogP contribution in [-0.2, 0) is 13.2 Å². The number of carbonyl (C=O) groups excluding carboxylic acids is 1. The zero-order valence-corrected chi connectivity index (χ0v) is 18.6. The van der Waals surface area contributed by atoms with Gasteiger partial charge in [-0.2, -0.15) is 0 Å². The van der Waals surface area contributed by atoms with Gasteiger partial charge < -0.3 is 19.5 Å². The number of hydrogen-bond donors (Lipinski definition) is 1. The van der Waals surface area contributed by atoms with Crippen LogP contribution in [0.2, 0.25) is 0 Å². The Bertz CT molecular complexity index is 1250. The van der Waals surface area contributed by atoms with E-state index in [0.29, 0.717) is 18.7 Å². The third kappa shape index (κ3) is 4.20. The first kappa shape index (κ1) is 20.8. The van der Waals surface area contributed by atoms with Gasteiger partial charge in [0.1, 0.15) is 24.3 Å². The maximum atomic E-state index is 13.4. The molecule has 0 saturated heterocycles. The van der Waals surface area contributed by atoms with Crippen LogP contribution in [0.1, 0.15) is 44.7 Å². The molecule has 0 radical (unpaired) electrons. The van der Waals surface area contributed by atoms with Crippen LogP contribution in [0.3, 0.4) is 0 Å². The molecule has 6 nitrogen and oxygen atoms in total. The molecule has 0 spiro atoms. The second-order valence-electron chi connectivity index (χ2n) is 8.17. The fourth-order valence-corrected chi connectivity index (χ4v) is 4.11. The number of aryl methyl sites for hydroxylation is 2. The van der Waals surface area contributed by atoms with E-state index in [-0.39, 0.29) is 12.1 Å². The van der Waals surface area contributed by atoms with Gasteiger partial charge in [0.25, 0.3) is 5.91 Å². The first-order valence-electron chi connectivity index (χ1n) is 10.9. The van der Waals surface area contributed by atoms with E-state index in [4.69, 9.17) is 9.26 Å². The second-order valence-corrected chi connectivity index (χ2v) is 8.17. The van der Waals surface area contributed by atoms with Crippen molar-refractivity contribution in [1.29, 1.82) is 0 Å². The van der Waals surface area contributed by atoms with Crippen molar-refractivity contribution in [2.75, 3.05) is 5.32 Å². The van der Waals surface area contributed by atoms with Crippen molar-refractivity contribution in [2.24, 2.45) is 0 Å². The summed E-state index contributed by atoms with van der Waals surface area (Å²) >= 11 is 0. The van der Waals surface area contributed by atoms with Gasteiger partial charge in [0.05, 0.1) is 16.8 Å². The lowest BCUT2D eigenvalue weighted by Crippen LogP contribution is -2.42. The fraction of sp³-hybridized carbons (Fsp3) is 0.185. The molecule has 5 rings (SSSR count). The van der Waals surface area contributed by atoms with E-state index in [1.807, 2.05) is 97.6 Å². The molecule has 0 saturated carbocycles. The molecule has 6 heteroatoms. The Labute approximate surface area is 192 Å². The molecule has 33 heavy (non-hydrogen) atoms. The zero-order valence-electron chi connectivity index (χ0n) is 18.6. The van der Waals surface area contributed by atoms with Gasteiger partial charge in [-0.1, -0.05) is 59.8 Å².